The van der Waals surface area contributed by atoms with Gasteiger partial charge in [0.05, 0.1) is 0 Å². The van der Waals surface area contributed by atoms with Gasteiger partial charge in [-0.2, -0.15) is 0 Å². The Morgan fingerprint density at radius 1 is 0.226 bits per heavy atom. The van der Waals surface area contributed by atoms with E-state index in [1.807, 2.05) is 0 Å². The first-order valence-corrected chi connectivity index (χ1v) is 37.8. The average Bonchev–Trinajstić information content (AvgIpc) is 3.16. The maximum atomic E-state index is 8.20. The molecule has 0 aromatic carbocycles. The van der Waals surface area contributed by atoms with E-state index < -0.39 is 38.4 Å². The fourth-order valence-corrected chi connectivity index (χ4v) is 49.6. The van der Waals surface area contributed by atoms with Crippen LogP contribution in [0.15, 0.2) is 0 Å². The zero-order chi connectivity index (χ0) is 38.8. The molecule has 0 aliphatic carbocycles. The summed E-state index contributed by atoms with van der Waals surface area (Å²) in [6.07, 6.45) is 48.9. The predicted octanol–water partition coefficient (Wildman–Crippen LogP) is 18.1. The van der Waals surface area contributed by atoms with Crippen molar-refractivity contribution in [1.29, 1.82) is 0 Å². The van der Waals surface area contributed by atoms with Crippen molar-refractivity contribution in [3.05, 3.63) is 0 Å². The van der Waals surface area contributed by atoms with Gasteiger partial charge in [0.25, 0.3) is 0 Å². The summed E-state index contributed by atoms with van der Waals surface area (Å²) in [6, 6.07) is 0. The van der Waals surface area contributed by atoms with Gasteiger partial charge < -0.3 is 0 Å². The molecule has 0 bridgehead atoms. The Balaban J connectivity index is 6.37. The van der Waals surface area contributed by atoms with Crippen LogP contribution < -0.4 is 0 Å². The second-order valence-corrected chi connectivity index (χ2v) is 39.5. The first kappa shape index (κ1) is 54.5. The molecule has 5 heteroatoms. The molecule has 0 radical (unpaired) electrons. The molecule has 0 aliphatic heterocycles. The Bertz CT molecular complexity index is 602. The van der Waals surface area contributed by atoms with Crippen LogP contribution in [0.3, 0.4) is 0 Å². The van der Waals surface area contributed by atoms with Crippen molar-refractivity contribution < 1.29 is 7.56 Å². The van der Waals surface area contributed by atoms with Crippen LogP contribution in [-0.2, 0) is 7.56 Å². The molecule has 0 aromatic rings. The molecule has 0 aromatic heterocycles. The third-order valence-electron chi connectivity index (χ3n) is 11.7. The zero-order valence-electron chi connectivity index (χ0n) is 37.9. The summed E-state index contributed by atoms with van der Waals surface area (Å²) in [5.74, 6) is 0. The summed E-state index contributed by atoms with van der Waals surface area (Å²) in [6.45, 7) is 16.0. The van der Waals surface area contributed by atoms with E-state index in [4.69, 9.17) is 7.56 Å². The predicted molar refractivity (Wildman–Crippen MR) is 244 cm³/mol. The number of unbranched alkanes of at least 4 members (excludes halogenated alkanes) is 30. The normalized spacial score (nSPS) is 12.3. The van der Waals surface area contributed by atoms with Crippen molar-refractivity contribution in [2.24, 2.45) is 0 Å². The summed E-state index contributed by atoms with van der Waals surface area (Å²) in [5, 5.41) is 0. The third-order valence-corrected chi connectivity index (χ3v) is 45.0. The van der Waals surface area contributed by atoms with Gasteiger partial charge in [-0.15, -0.1) is 0 Å². The molecule has 0 fully saturated rings. The van der Waals surface area contributed by atoms with Crippen LogP contribution in [-0.4, -0.2) is 51.6 Å². The van der Waals surface area contributed by atoms with Crippen molar-refractivity contribution in [2.75, 3.05) is 13.2 Å². The van der Waals surface area contributed by atoms with Crippen LogP contribution in [0.2, 0.25) is 17.7 Å². The van der Waals surface area contributed by atoms with Crippen molar-refractivity contribution in [2.45, 2.75) is 290 Å². The Morgan fingerprint density at radius 2 is 0.415 bits per heavy atom. The van der Waals surface area contributed by atoms with Gasteiger partial charge in [-0.3, -0.25) is 0 Å². The standard InChI is InChI=1S/2C8H17O.4C8H17.O.2Sn/c2*1-2-3-4-5-6-7-8-9;4*1-3-5-7-8-6-4-2;;;/h2*2-8H2,1H3;4*1,3-8H2,2H3;;;/q2*-1;;;;;;2*+1. The average molecular weight is 965 g/mol. The summed E-state index contributed by atoms with van der Waals surface area (Å²) in [7, 11) is 0. The van der Waals surface area contributed by atoms with Crippen molar-refractivity contribution in [3.8, 4) is 0 Å². The van der Waals surface area contributed by atoms with E-state index in [9.17, 15) is 0 Å². The van der Waals surface area contributed by atoms with Crippen LogP contribution in [0.4, 0.5) is 0 Å². The first-order valence-electron chi connectivity index (χ1n) is 25.1. The van der Waals surface area contributed by atoms with Crippen LogP contribution in [0.25, 0.3) is 0 Å². The van der Waals surface area contributed by atoms with Crippen molar-refractivity contribution in [3.63, 3.8) is 0 Å². The van der Waals surface area contributed by atoms with Gasteiger partial charge in [-0.05, 0) is 0 Å². The SMILES string of the molecule is CCCCCCCC[O][Sn]([CH2]CCCCCCC)([CH2]CCCCCCC)[O][Sn]([CH2]CCCCCCC)([CH2]CCCCCCC)[O]CCCCCCCC. The van der Waals surface area contributed by atoms with Gasteiger partial charge >= 0.3 is 350 Å². The molecule has 0 N–H and O–H groups in total. The van der Waals surface area contributed by atoms with E-state index in [2.05, 4.69) is 41.5 Å². The van der Waals surface area contributed by atoms with Crippen LogP contribution >= 0.6 is 0 Å². The van der Waals surface area contributed by atoms with E-state index in [1.165, 1.54) is 249 Å². The molecule has 0 rings (SSSR count). The van der Waals surface area contributed by atoms with Gasteiger partial charge in [-0.1, -0.05) is 0 Å². The Morgan fingerprint density at radius 3 is 0.642 bits per heavy atom. The molecule has 53 heavy (non-hydrogen) atoms. The molecule has 0 aliphatic rings. The van der Waals surface area contributed by atoms with Gasteiger partial charge in [-0.25, -0.2) is 0 Å². The maximum absolute atomic E-state index is 8.20. The molecule has 0 unspecified atom stereocenters. The minimum absolute atomic E-state index is 0.960. The van der Waals surface area contributed by atoms with Crippen molar-refractivity contribution in [1.82, 2.24) is 0 Å². The van der Waals surface area contributed by atoms with Crippen LogP contribution in [0, 0.1) is 0 Å². The summed E-state index contributed by atoms with van der Waals surface area (Å²) in [4.78, 5) is 0. The fourth-order valence-electron chi connectivity index (χ4n) is 8.12. The summed E-state index contributed by atoms with van der Waals surface area (Å²) in [5.41, 5.74) is 0. The second kappa shape index (κ2) is 43.1. The van der Waals surface area contributed by atoms with Gasteiger partial charge in [0.1, 0.15) is 0 Å². The molecule has 0 amide bonds. The quantitative estimate of drug-likeness (QED) is 0.0449. The van der Waals surface area contributed by atoms with E-state index in [0.717, 1.165) is 13.2 Å². The molecule has 0 saturated heterocycles. The number of hydrogen-bond acceptors (Lipinski definition) is 3. The minimum atomic E-state index is -3.44. The molecular formula is C48H102O3Sn2. The monoisotopic (exact) mass is 967 g/mol. The van der Waals surface area contributed by atoms with Crippen LogP contribution in [0.1, 0.15) is 273 Å². The molecule has 3 nitrogen and oxygen atoms in total. The van der Waals surface area contributed by atoms with E-state index in [-0.39, 0.29) is 0 Å². The van der Waals surface area contributed by atoms with Crippen molar-refractivity contribution >= 4 is 38.4 Å². The second-order valence-electron chi connectivity index (χ2n) is 17.2. The summed E-state index contributed by atoms with van der Waals surface area (Å²) >= 11 is -6.89. The number of hydrogen-bond donors (Lipinski definition) is 0. The topological polar surface area (TPSA) is 27.7 Å². The zero-order valence-corrected chi connectivity index (χ0v) is 43.6. The molecule has 320 valence electrons. The summed E-state index contributed by atoms with van der Waals surface area (Å²) < 4.78 is 28.4. The third kappa shape index (κ3) is 35.2. The molecular weight excluding hydrogens is 862 g/mol. The van der Waals surface area contributed by atoms with Gasteiger partial charge in [0, 0.05) is 0 Å². The van der Waals surface area contributed by atoms with E-state index in [0.29, 0.717) is 0 Å². The molecule has 0 atom stereocenters. The number of rotatable bonds is 46. The van der Waals surface area contributed by atoms with Gasteiger partial charge in [0.15, 0.2) is 0 Å². The molecule has 0 heterocycles. The van der Waals surface area contributed by atoms with E-state index >= 15 is 0 Å². The first-order chi connectivity index (χ1) is 26.1. The van der Waals surface area contributed by atoms with Crippen LogP contribution in [0.5, 0.6) is 0 Å². The Kier molecular flexibility index (Phi) is 44.3. The Hall–Kier alpha value is 1.48. The molecule has 0 saturated carbocycles. The van der Waals surface area contributed by atoms with Gasteiger partial charge in [0.2, 0.25) is 0 Å². The van der Waals surface area contributed by atoms with E-state index in [1.54, 1.807) is 0 Å². The fraction of sp³-hybridized carbons (Fsp3) is 1.00. The molecule has 0 spiro atoms. The Labute approximate surface area is 347 Å².